The van der Waals surface area contributed by atoms with E-state index < -0.39 is 0 Å². The lowest BCUT2D eigenvalue weighted by Crippen LogP contribution is -2.03. The second kappa shape index (κ2) is 5.96. The molecule has 0 amide bonds. The van der Waals surface area contributed by atoms with Gasteiger partial charge < -0.3 is 14.2 Å². The maximum absolute atomic E-state index is 5.81. The number of ether oxygens (including phenoxy) is 3. The monoisotopic (exact) mass is 302 g/mol. The van der Waals surface area contributed by atoms with E-state index >= 15 is 0 Å². The topological polar surface area (TPSA) is 31.0 Å². The van der Waals surface area contributed by atoms with Crippen molar-refractivity contribution in [3.05, 3.63) is 35.4 Å². The zero-order valence-electron chi connectivity index (χ0n) is 14.0. The Hall–Kier alpha value is -1.48. The van der Waals surface area contributed by atoms with Crippen LogP contribution in [0.5, 0.6) is 11.5 Å². The molecule has 2 heterocycles. The fourth-order valence-corrected chi connectivity index (χ4v) is 2.92. The van der Waals surface area contributed by atoms with Crippen LogP contribution >= 0.6 is 0 Å². The molecule has 0 bridgehead atoms. The minimum absolute atomic E-state index is 0.0956. The van der Waals surface area contributed by atoms with Gasteiger partial charge in [-0.15, -0.1) is 0 Å². The number of rotatable bonds is 6. The van der Waals surface area contributed by atoms with E-state index in [0.717, 1.165) is 30.9 Å². The maximum atomic E-state index is 5.81. The van der Waals surface area contributed by atoms with Crippen LogP contribution in [0.15, 0.2) is 29.8 Å². The lowest BCUT2D eigenvalue weighted by atomic mass is 10.0. The van der Waals surface area contributed by atoms with Crippen molar-refractivity contribution < 1.29 is 14.2 Å². The Morgan fingerprint density at radius 3 is 2.91 bits per heavy atom. The van der Waals surface area contributed by atoms with Gasteiger partial charge in [0.25, 0.3) is 0 Å². The summed E-state index contributed by atoms with van der Waals surface area (Å²) in [5.41, 5.74) is 2.74. The lowest BCUT2D eigenvalue weighted by molar-refractivity contribution is 0.319. The molecule has 3 rings (SSSR count). The minimum Gasteiger partial charge on any atom is -0.493 e. The highest BCUT2D eigenvalue weighted by molar-refractivity contribution is 5.45. The molecule has 22 heavy (non-hydrogen) atoms. The van der Waals surface area contributed by atoms with Crippen LogP contribution in [-0.2, 0) is 4.74 Å². The summed E-state index contributed by atoms with van der Waals surface area (Å²) in [5, 5.41) is 0. The average molecular weight is 302 g/mol. The summed E-state index contributed by atoms with van der Waals surface area (Å²) in [6.45, 7) is 10.0. The molecule has 3 nitrogen and oxygen atoms in total. The van der Waals surface area contributed by atoms with Gasteiger partial charge in [-0.3, -0.25) is 0 Å². The highest BCUT2D eigenvalue weighted by Gasteiger charge is 2.46. The van der Waals surface area contributed by atoms with Gasteiger partial charge >= 0.3 is 0 Å². The van der Waals surface area contributed by atoms with E-state index in [4.69, 9.17) is 14.2 Å². The molecule has 0 radical (unpaired) electrons. The fraction of sp³-hybridized carbons (Fsp3) is 0.579. The Bertz CT molecular complexity index is 574. The number of benzene rings is 1. The van der Waals surface area contributed by atoms with Gasteiger partial charge in [-0.1, -0.05) is 18.6 Å². The molecule has 1 aromatic carbocycles. The van der Waals surface area contributed by atoms with Crippen molar-refractivity contribution >= 4 is 0 Å². The molecule has 2 unspecified atom stereocenters. The average Bonchev–Trinajstić information content (AvgIpc) is 2.92. The van der Waals surface area contributed by atoms with Gasteiger partial charge in [0.15, 0.2) is 0 Å². The minimum atomic E-state index is 0.0956. The van der Waals surface area contributed by atoms with Crippen molar-refractivity contribution in [3.8, 4) is 11.5 Å². The van der Waals surface area contributed by atoms with E-state index in [2.05, 4.69) is 39.8 Å². The third-order valence-electron chi connectivity index (χ3n) is 4.65. The quantitative estimate of drug-likeness (QED) is 0.574. The van der Waals surface area contributed by atoms with Crippen molar-refractivity contribution in [3.63, 3.8) is 0 Å². The zero-order chi connectivity index (χ0) is 15.7. The van der Waals surface area contributed by atoms with E-state index in [1.54, 1.807) is 0 Å². The predicted molar refractivity (Wildman–Crippen MR) is 87.8 cm³/mol. The van der Waals surface area contributed by atoms with Crippen molar-refractivity contribution in [2.24, 2.45) is 0 Å². The van der Waals surface area contributed by atoms with Crippen LogP contribution in [-0.4, -0.2) is 24.9 Å². The molecule has 2 aliphatic rings. The zero-order valence-corrected chi connectivity index (χ0v) is 14.0. The first kappa shape index (κ1) is 15.4. The summed E-state index contributed by atoms with van der Waals surface area (Å²) in [4.78, 5) is 0. The molecule has 0 spiro atoms. The van der Waals surface area contributed by atoms with E-state index in [1.165, 1.54) is 11.1 Å². The Balaban J connectivity index is 1.45. The second-order valence-electron chi connectivity index (χ2n) is 7.02. The van der Waals surface area contributed by atoms with Gasteiger partial charge in [-0.25, -0.2) is 0 Å². The van der Waals surface area contributed by atoms with Crippen LogP contribution in [0.25, 0.3) is 0 Å². The highest BCUT2D eigenvalue weighted by Crippen LogP contribution is 2.39. The SMILES string of the molecule is C/C(=C\COc1ccc2c(c1)OCC2C)CCC1OC1(C)C. The first-order valence-corrected chi connectivity index (χ1v) is 8.19. The molecule has 2 atom stereocenters. The van der Waals surface area contributed by atoms with Gasteiger partial charge in [0.2, 0.25) is 0 Å². The third kappa shape index (κ3) is 3.46. The van der Waals surface area contributed by atoms with Gasteiger partial charge in [0, 0.05) is 17.5 Å². The Labute approximate surface area is 133 Å². The molecular formula is C19H26O3. The van der Waals surface area contributed by atoms with Gasteiger partial charge in [-0.05, 0) is 45.8 Å². The molecule has 0 saturated carbocycles. The van der Waals surface area contributed by atoms with Crippen LogP contribution in [0.3, 0.4) is 0 Å². The normalized spacial score (nSPS) is 25.5. The summed E-state index contributed by atoms with van der Waals surface area (Å²) in [6, 6.07) is 6.15. The van der Waals surface area contributed by atoms with Crippen LogP contribution in [0.4, 0.5) is 0 Å². The number of hydrogen-bond acceptors (Lipinski definition) is 3. The number of allylic oxidation sites excluding steroid dienone is 1. The number of fused-ring (bicyclic) bond motifs is 1. The number of epoxide rings is 1. The summed E-state index contributed by atoms with van der Waals surface area (Å²) in [7, 11) is 0. The molecule has 1 fully saturated rings. The smallest absolute Gasteiger partial charge is 0.126 e. The van der Waals surface area contributed by atoms with Gasteiger partial charge in [0.1, 0.15) is 18.1 Å². The number of hydrogen-bond donors (Lipinski definition) is 0. The van der Waals surface area contributed by atoms with Crippen molar-refractivity contribution in [1.29, 1.82) is 0 Å². The van der Waals surface area contributed by atoms with Crippen molar-refractivity contribution in [2.75, 3.05) is 13.2 Å². The van der Waals surface area contributed by atoms with E-state index in [0.29, 0.717) is 18.6 Å². The first-order valence-electron chi connectivity index (χ1n) is 8.19. The standard InChI is InChI=1S/C19H26O3/c1-13(5-8-18-19(3,4)22-18)9-10-20-15-6-7-16-14(2)12-21-17(16)11-15/h6-7,9,11,14,18H,5,8,10,12H2,1-4H3/b13-9+. The van der Waals surface area contributed by atoms with Crippen molar-refractivity contribution in [2.45, 2.75) is 58.2 Å². The molecule has 3 heteroatoms. The second-order valence-corrected chi connectivity index (χ2v) is 7.02. The van der Waals surface area contributed by atoms with E-state index in [-0.39, 0.29) is 5.60 Å². The highest BCUT2D eigenvalue weighted by atomic mass is 16.6. The van der Waals surface area contributed by atoms with Gasteiger partial charge in [-0.2, -0.15) is 0 Å². The molecule has 1 saturated heterocycles. The van der Waals surface area contributed by atoms with Crippen LogP contribution in [0.1, 0.15) is 52.0 Å². The van der Waals surface area contributed by atoms with Crippen LogP contribution < -0.4 is 9.47 Å². The Morgan fingerprint density at radius 2 is 2.18 bits per heavy atom. The fourth-order valence-electron chi connectivity index (χ4n) is 2.92. The summed E-state index contributed by atoms with van der Waals surface area (Å²) < 4.78 is 17.1. The third-order valence-corrected chi connectivity index (χ3v) is 4.65. The van der Waals surface area contributed by atoms with E-state index in [1.807, 2.05) is 12.1 Å². The molecule has 0 N–H and O–H groups in total. The molecule has 0 aromatic heterocycles. The van der Waals surface area contributed by atoms with Gasteiger partial charge in [0.05, 0.1) is 18.3 Å². The predicted octanol–water partition coefficient (Wildman–Crippen LogP) is 4.47. The van der Waals surface area contributed by atoms with Crippen molar-refractivity contribution in [1.82, 2.24) is 0 Å². The molecule has 0 aliphatic carbocycles. The first-order chi connectivity index (χ1) is 10.5. The molecule has 120 valence electrons. The maximum Gasteiger partial charge on any atom is 0.126 e. The summed E-state index contributed by atoms with van der Waals surface area (Å²) >= 11 is 0. The van der Waals surface area contributed by atoms with E-state index in [9.17, 15) is 0 Å². The Kier molecular flexibility index (Phi) is 4.18. The molecule has 2 aliphatic heterocycles. The largest absolute Gasteiger partial charge is 0.493 e. The summed E-state index contributed by atoms with van der Waals surface area (Å²) in [6.07, 6.45) is 4.75. The molecular weight excluding hydrogens is 276 g/mol. The molecule has 1 aromatic rings. The van der Waals surface area contributed by atoms with Crippen LogP contribution in [0, 0.1) is 0 Å². The lowest BCUT2D eigenvalue weighted by Gasteiger charge is -2.07. The summed E-state index contributed by atoms with van der Waals surface area (Å²) in [5.74, 6) is 2.34. The Morgan fingerprint density at radius 1 is 1.41 bits per heavy atom. The van der Waals surface area contributed by atoms with Crippen LogP contribution in [0.2, 0.25) is 0 Å².